The average Bonchev–Trinajstić information content (AvgIpc) is 2.87. The van der Waals surface area contributed by atoms with Crippen molar-refractivity contribution in [1.82, 2.24) is 4.98 Å². The minimum atomic E-state index is -0.481. The molecule has 0 saturated heterocycles. The van der Waals surface area contributed by atoms with Crippen LogP contribution in [-0.2, 0) is 0 Å². The van der Waals surface area contributed by atoms with Crippen molar-refractivity contribution in [1.29, 1.82) is 5.26 Å². The molecule has 0 N–H and O–H groups in total. The second kappa shape index (κ2) is 4.81. The summed E-state index contributed by atoms with van der Waals surface area (Å²) in [4.78, 5) is 15.8. The maximum atomic E-state index is 10.6. The average molecular weight is 260 g/mol. The van der Waals surface area contributed by atoms with E-state index in [9.17, 15) is 10.1 Å². The fourth-order valence-electron chi connectivity index (χ4n) is 1.46. The number of hydrogen-bond acceptors (Lipinski definition) is 6. The number of aromatic nitrogens is 1. The zero-order valence-corrected chi connectivity index (χ0v) is 10.2. The monoisotopic (exact) mass is 260 g/mol. The van der Waals surface area contributed by atoms with Crippen molar-refractivity contribution in [2.45, 2.75) is 0 Å². The van der Waals surface area contributed by atoms with Gasteiger partial charge in [0.1, 0.15) is 12.3 Å². The van der Waals surface area contributed by atoms with E-state index in [0.717, 1.165) is 11.3 Å². The summed E-state index contributed by atoms with van der Waals surface area (Å²) in [5.74, 6) is 0. The molecule has 0 unspecified atom stereocenters. The predicted molar refractivity (Wildman–Crippen MR) is 68.0 cm³/mol. The lowest BCUT2D eigenvalue weighted by Gasteiger charge is -2.16. The molecule has 18 heavy (non-hydrogen) atoms. The molecular formula is C11H8N4O2S. The quantitative estimate of drug-likeness (QED) is 0.625. The summed E-state index contributed by atoms with van der Waals surface area (Å²) in [6.45, 7) is 0. The van der Waals surface area contributed by atoms with E-state index in [-0.39, 0.29) is 5.00 Å². The fourth-order valence-corrected chi connectivity index (χ4v) is 2.17. The summed E-state index contributed by atoms with van der Waals surface area (Å²) in [5, 5.41) is 20.1. The number of hydrogen-bond donors (Lipinski definition) is 0. The van der Waals surface area contributed by atoms with Crippen LogP contribution in [0, 0.1) is 21.4 Å². The van der Waals surface area contributed by atoms with Gasteiger partial charge in [0, 0.05) is 7.05 Å². The number of nitro groups is 1. The van der Waals surface area contributed by atoms with Gasteiger partial charge in [-0.15, -0.1) is 0 Å². The highest BCUT2D eigenvalue weighted by atomic mass is 32.1. The van der Waals surface area contributed by atoms with Crippen molar-refractivity contribution in [3.8, 4) is 6.07 Å². The number of para-hydroxylation sites is 1. The molecule has 0 aliphatic rings. The molecule has 0 saturated carbocycles. The Bertz CT molecular complexity index is 632. The van der Waals surface area contributed by atoms with Crippen molar-refractivity contribution >= 4 is 27.2 Å². The van der Waals surface area contributed by atoms with Gasteiger partial charge in [-0.1, -0.05) is 12.1 Å². The number of nitrogens with zero attached hydrogens (tertiary/aromatic N) is 4. The van der Waals surface area contributed by atoms with Gasteiger partial charge in [0.05, 0.1) is 16.2 Å². The molecule has 0 atom stereocenters. The van der Waals surface area contributed by atoms with Crippen LogP contribution in [0.3, 0.4) is 0 Å². The lowest BCUT2D eigenvalue weighted by molar-refractivity contribution is -0.380. The van der Waals surface area contributed by atoms with E-state index in [1.54, 1.807) is 36.2 Å². The highest BCUT2D eigenvalue weighted by Gasteiger charge is 2.16. The first-order valence-corrected chi connectivity index (χ1v) is 5.78. The molecule has 7 heteroatoms. The highest BCUT2D eigenvalue weighted by Crippen LogP contribution is 2.33. The van der Waals surface area contributed by atoms with Crippen LogP contribution in [0.5, 0.6) is 0 Å². The maximum Gasteiger partial charge on any atom is 0.345 e. The molecule has 0 aliphatic carbocycles. The maximum absolute atomic E-state index is 10.6. The van der Waals surface area contributed by atoms with Crippen molar-refractivity contribution in [3.05, 3.63) is 46.1 Å². The summed E-state index contributed by atoms with van der Waals surface area (Å²) in [6.07, 6.45) is 1.21. The Labute approximate surface area is 107 Å². The molecule has 2 aromatic rings. The smallest absolute Gasteiger partial charge is 0.319 e. The Morgan fingerprint density at radius 2 is 2.22 bits per heavy atom. The normalized spacial score (nSPS) is 9.78. The third kappa shape index (κ3) is 2.14. The van der Waals surface area contributed by atoms with Gasteiger partial charge in [-0.05, 0) is 23.5 Å². The second-order valence-electron chi connectivity index (χ2n) is 3.43. The minimum Gasteiger partial charge on any atom is -0.319 e. The van der Waals surface area contributed by atoms with Crippen molar-refractivity contribution in [2.24, 2.45) is 0 Å². The Kier molecular flexibility index (Phi) is 3.21. The van der Waals surface area contributed by atoms with E-state index in [4.69, 9.17) is 5.26 Å². The molecule has 0 radical (unpaired) electrons. The van der Waals surface area contributed by atoms with Crippen LogP contribution in [0.15, 0.2) is 30.5 Å². The first-order chi connectivity index (χ1) is 8.63. The first-order valence-electron chi connectivity index (χ1n) is 4.96. The molecule has 1 aromatic carbocycles. The summed E-state index contributed by atoms with van der Waals surface area (Å²) < 4.78 is 0. The minimum absolute atomic E-state index is 0.0220. The Morgan fingerprint density at radius 1 is 1.50 bits per heavy atom. The largest absolute Gasteiger partial charge is 0.345 e. The van der Waals surface area contributed by atoms with Crippen molar-refractivity contribution < 1.29 is 4.92 Å². The molecule has 1 heterocycles. The van der Waals surface area contributed by atoms with Gasteiger partial charge >= 0.3 is 5.00 Å². The van der Waals surface area contributed by atoms with Crippen LogP contribution in [0.4, 0.5) is 15.8 Å². The topological polar surface area (TPSA) is 83.1 Å². The summed E-state index contributed by atoms with van der Waals surface area (Å²) in [7, 11) is 1.72. The van der Waals surface area contributed by atoms with Crippen molar-refractivity contribution in [3.63, 3.8) is 0 Å². The summed E-state index contributed by atoms with van der Waals surface area (Å²) >= 11 is 0.969. The molecule has 0 fully saturated rings. The Balaban J connectivity index is 2.38. The van der Waals surface area contributed by atoms with Gasteiger partial charge in [-0.3, -0.25) is 10.1 Å². The summed E-state index contributed by atoms with van der Waals surface area (Å²) in [5.41, 5.74) is 1.17. The first kappa shape index (κ1) is 12.0. The SMILES string of the molecule is CN(c1ncc([N+](=O)[O-])s1)c1ccccc1C#N. The van der Waals surface area contributed by atoms with Crippen LogP contribution < -0.4 is 4.90 Å². The molecule has 2 rings (SSSR count). The molecule has 0 amide bonds. The van der Waals surface area contributed by atoms with Gasteiger partial charge in [0.25, 0.3) is 0 Å². The van der Waals surface area contributed by atoms with E-state index in [1.807, 2.05) is 0 Å². The number of anilines is 2. The van der Waals surface area contributed by atoms with E-state index in [1.165, 1.54) is 6.20 Å². The molecule has 1 aromatic heterocycles. The number of rotatable bonds is 3. The lowest BCUT2D eigenvalue weighted by atomic mass is 10.2. The van der Waals surface area contributed by atoms with Crippen LogP contribution in [0.1, 0.15) is 5.56 Å². The van der Waals surface area contributed by atoms with Crippen molar-refractivity contribution in [2.75, 3.05) is 11.9 Å². The second-order valence-corrected chi connectivity index (χ2v) is 4.41. The molecule has 90 valence electrons. The molecule has 6 nitrogen and oxygen atoms in total. The number of nitriles is 1. The van der Waals surface area contributed by atoms with Gasteiger partial charge in [-0.2, -0.15) is 5.26 Å². The standard InChI is InChI=1S/C11H8N4O2S/c1-14(9-5-3-2-4-8(9)6-12)11-13-7-10(18-11)15(16)17/h2-5,7H,1H3. The van der Waals surface area contributed by atoms with Gasteiger partial charge in [0.2, 0.25) is 0 Å². The zero-order chi connectivity index (χ0) is 13.1. The Morgan fingerprint density at radius 3 is 2.83 bits per heavy atom. The molecular weight excluding hydrogens is 252 g/mol. The van der Waals surface area contributed by atoms with Crippen LogP contribution in [0.25, 0.3) is 0 Å². The number of benzene rings is 1. The zero-order valence-electron chi connectivity index (χ0n) is 9.40. The van der Waals surface area contributed by atoms with Crippen LogP contribution in [0.2, 0.25) is 0 Å². The fraction of sp³-hybridized carbons (Fsp3) is 0.0909. The summed E-state index contributed by atoms with van der Waals surface area (Å²) in [6, 6.07) is 9.10. The molecule has 0 spiro atoms. The van der Waals surface area contributed by atoms with Gasteiger partial charge < -0.3 is 4.90 Å². The van der Waals surface area contributed by atoms with E-state index < -0.39 is 4.92 Å². The molecule has 0 aliphatic heterocycles. The van der Waals surface area contributed by atoms with E-state index in [2.05, 4.69) is 11.1 Å². The van der Waals surface area contributed by atoms with Crippen LogP contribution >= 0.6 is 11.3 Å². The Hall–Kier alpha value is -2.46. The van der Waals surface area contributed by atoms with E-state index >= 15 is 0 Å². The third-order valence-electron chi connectivity index (χ3n) is 2.33. The third-order valence-corrected chi connectivity index (χ3v) is 3.36. The van der Waals surface area contributed by atoms with Gasteiger partial charge in [0.15, 0.2) is 5.13 Å². The van der Waals surface area contributed by atoms with Gasteiger partial charge in [-0.25, -0.2) is 4.98 Å². The highest BCUT2D eigenvalue weighted by molar-refractivity contribution is 7.18. The number of thiazole rings is 1. The van der Waals surface area contributed by atoms with E-state index in [0.29, 0.717) is 16.4 Å². The lowest BCUT2D eigenvalue weighted by Crippen LogP contribution is -2.10. The molecule has 0 bridgehead atoms. The van der Waals surface area contributed by atoms with Crippen LogP contribution in [-0.4, -0.2) is 17.0 Å². The predicted octanol–water partition coefficient (Wildman–Crippen LogP) is 2.69.